The highest BCUT2D eigenvalue weighted by molar-refractivity contribution is 5.46. The summed E-state index contributed by atoms with van der Waals surface area (Å²) in [6.07, 6.45) is 0. The third-order valence-corrected chi connectivity index (χ3v) is 3.64. The largest absolute Gasteiger partial charge is 0.383 e. The molecule has 0 heterocycles. The molecule has 0 saturated carbocycles. The second kappa shape index (κ2) is 9.03. The molecule has 21 heavy (non-hydrogen) atoms. The minimum absolute atomic E-state index is 0.249. The summed E-state index contributed by atoms with van der Waals surface area (Å²) in [4.78, 5) is 4.54. The van der Waals surface area contributed by atoms with Crippen LogP contribution in [0.3, 0.4) is 0 Å². The first-order valence-electron chi connectivity index (χ1n) is 7.70. The highest BCUT2D eigenvalue weighted by atomic mass is 16.5. The Hall–Kier alpha value is -1.10. The zero-order chi connectivity index (χ0) is 15.8. The highest BCUT2D eigenvalue weighted by Crippen LogP contribution is 2.23. The zero-order valence-electron chi connectivity index (χ0n) is 14.2. The molecular weight excluding hydrogens is 262 g/mol. The summed E-state index contributed by atoms with van der Waals surface area (Å²) in [6, 6.07) is 8.93. The summed E-state index contributed by atoms with van der Waals surface area (Å²) in [6.45, 7) is 7.77. The number of nitrogens with zero attached hydrogens (tertiary/aromatic N) is 2. The molecule has 120 valence electrons. The Morgan fingerprint density at radius 1 is 1.14 bits per heavy atom. The van der Waals surface area contributed by atoms with Gasteiger partial charge in [-0.1, -0.05) is 26.0 Å². The second-order valence-electron chi connectivity index (χ2n) is 6.12. The Morgan fingerprint density at radius 2 is 1.76 bits per heavy atom. The Morgan fingerprint density at radius 3 is 2.19 bits per heavy atom. The van der Waals surface area contributed by atoms with E-state index in [1.807, 2.05) is 0 Å². The molecule has 1 aromatic rings. The second-order valence-corrected chi connectivity index (χ2v) is 6.12. The Bertz CT molecular complexity index is 390. The van der Waals surface area contributed by atoms with Crippen LogP contribution < -0.4 is 10.6 Å². The van der Waals surface area contributed by atoms with E-state index in [9.17, 15) is 0 Å². The lowest BCUT2D eigenvalue weighted by Crippen LogP contribution is -2.38. The lowest BCUT2D eigenvalue weighted by atomic mass is 10.0. The molecule has 4 heteroatoms. The van der Waals surface area contributed by atoms with Crippen LogP contribution in [0.1, 0.15) is 25.5 Å². The van der Waals surface area contributed by atoms with Gasteiger partial charge in [-0.3, -0.25) is 4.90 Å². The van der Waals surface area contributed by atoms with E-state index in [4.69, 9.17) is 10.5 Å². The molecule has 0 aliphatic heterocycles. The first kappa shape index (κ1) is 18.0. The van der Waals surface area contributed by atoms with Crippen molar-refractivity contribution in [1.82, 2.24) is 4.90 Å². The summed E-state index contributed by atoms with van der Waals surface area (Å²) in [5.74, 6) is 0.608. The van der Waals surface area contributed by atoms with E-state index in [1.165, 1.54) is 11.3 Å². The molecule has 1 aromatic carbocycles. The molecule has 0 aliphatic carbocycles. The van der Waals surface area contributed by atoms with Gasteiger partial charge in [0.25, 0.3) is 0 Å². The molecule has 0 radical (unpaired) electrons. The van der Waals surface area contributed by atoms with Gasteiger partial charge in [-0.15, -0.1) is 0 Å². The molecular formula is C17H31N3O. The van der Waals surface area contributed by atoms with E-state index < -0.39 is 0 Å². The van der Waals surface area contributed by atoms with Gasteiger partial charge in [0.1, 0.15) is 0 Å². The maximum absolute atomic E-state index is 6.06. The van der Waals surface area contributed by atoms with Crippen LogP contribution in [0.4, 0.5) is 5.69 Å². The third-order valence-electron chi connectivity index (χ3n) is 3.64. The molecule has 4 nitrogen and oxygen atoms in total. The quantitative estimate of drug-likeness (QED) is 0.759. The fraction of sp³-hybridized carbons (Fsp3) is 0.647. The van der Waals surface area contributed by atoms with E-state index in [0.717, 1.165) is 19.7 Å². The van der Waals surface area contributed by atoms with Crippen LogP contribution in [0.5, 0.6) is 0 Å². The number of anilines is 1. The highest BCUT2D eigenvalue weighted by Gasteiger charge is 2.19. The van der Waals surface area contributed by atoms with Crippen molar-refractivity contribution < 1.29 is 4.74 Å². The molecule has 0 bridgehead atoms. The van der Waals surface area contributed by atoms with Crippen LogP contribution >= 0.6 is 0 Å². The SMILES string of the molecule is COCCN(CC(C)C)C(CN)c1ccc(N(C)C)cc1. The predicted octanol–water partition coefficient (Wildman–Crippen LogP) is 2.36. The number of nitrogens with two attached hydrogens (primary N) is 1. The molecule has 0 spiro atoms. The fourth-order valence-corrected chi connectivity index (χ4v) is 2.54. The van der Waals surface area contributed by atoms with Crippen molar-refractivity contribution in [3.05, 3.63) is 29.8 Å². The van der Waals surface area contributed by atoms with Crippen LogP contribution in [0, 0.1) is 5.92 Å². The fourth-order valence-electron chi connectivity index (χ4n) is 2.54. The van der Waals surface area contributed by atoms with Crippen LogP contribution in [-0.4, -0.2) is 52.3 Å². The Balaban J connectivity index is 2.89. The van der Waals surface area contributed by atoms with Gasteiger partial charge in [-0.05, 0) is 23.6 Å². The van der Waals surface area contributed by atoms with Crippen molar-refractivity contribution in [1.29, 1.82) is 0 Å². The van der Waals surface area contributed by atoms with Gasteiger partial charge in [-0.2, -0.15) is 0 Å². The van der Waals surface area contributed by atoms with Crippen LogP contribution in [-0.2, 0) is 4.74 Å². The van der Waals surface area contributed by atoms with Crippen molar-refractivity contribution in [2.45, 2.75) is 19.9 Å². The number of hydrogen-bond acceptors (Lipinski definition) is 4. The minimum atomic E-state index is 0.249. The molecule has 0 fully saturated rings. The van der Waals surface area contributed by atoms with Gasteiger partial charge in [0.2, 0.25) is 0 Å². The number of rotatable bonds is 9. The van der Waals surface area contributed by atoms with E-state index in [-0.39, 0.29) is 6.04 Å². The lowest BCUT2D eigenvalue weighted by Gasteiger charge is -2.32. The van der Waals surface area contributed by atoms with E-state index in [0.29, 0.717) is 12.5 Å². The van der Waals surface area contributed by atoms with Gasteiger partial charge in [0.15, 0.2) is 0 Å². The summed E-state index contributed by atoms with van der Waals surface area (Å²) in [5.41, 5.74) is 8.55. The first-order valence-corrected chi connectivity index (χ1v) is 7.70. The summed E-state index contributed by atoms with van der Waals surface area (Å²) < 4.78 is 5.25. The monoisotopic (exact) mass is 293 g/mol. The van der Waals surface area contributed by atoms with Crippen molar-refractivity contribution in [2.24, 2.45) is 11.7 Å². The molecule has 2 N–H and O–H groups in total. The van der Waals surface area contributed by atoms with E-state index >= 15 is 0 Å². The van der Waals surface area contributed by atoms with Crippen molar-refractivity contribution in [2.75, 3.05) is 52.3 Å². The molecule has 0 aliphatic rings. The maximum Gasteiger partial charge on any atom is 0.0589 e. The average Bonchev–Trinajstić information content (AvgIpc) is 2.45. The van der Waals surface area contributed by atoms with Gasteiger partial charge < -0.3 is 15.4 Å². The Kier molecular flexibility index (Phi) is 7.72. The van der Waals surface area contributed by atoms with Gasteiger partial charge in [0.05, 0.1) is 6.61 Å². The molecule has 1 rings (SSSR count). The van der Waals surface area contributed by atoms with Gasteiger partial charge >= 0.3 is 0 Å². The maximum atomic E-state index is 6.06. The molecule has 1 unspecified atom stereocenters. The summed E-state index contributed by atoms with van der Waals surface area (Å²) in [7, 11) is 5.86. The Labute approximate surface area is 129 Å². The normalized spacial score (nSPS) is 13.0. The topological polar surface area (TPSA) is 41.7 Å². The van der Waals surface area contributed by atoms with Crippen molar-refractivity contribution in [3.8, 4) is 0 Å². The third kappa shape index (κ3) is 5.65. The van der Waals surface area contributed by atoms with Crippen molar-refractivity contribution in [3.63, 3.8) is 0 Å². The van der Waals surface area contributed by atoms with E-state index in [2.05, 4.69) is 62.0 Å². The zero-order valence-corrected chi connectivity index (χ0v) is 14.2. The summed E-state index contributed by atoms with van der Waals surface area (Å²) in [5, 5.41) is 0. The van der Waals surface area contributed by atoms with Gasteiger partial charge in [-0.25, -0.2) is 0 Å². The first-order chi connectivity index (χ1) is 9.99. The van der Waals surface area contributed by atoms with Crippen LogP contribution in [0.25, 0.3) is 0 Å². The predicted molar refractivity (Wildman–Crippen MR) is 90.9 cm³/mol. The number of benzene rings is 1. The molecule has 1 atom stereocenters. The number of ether oxygens (including phenoxy) is 1. The van der Waals surface area contributed by atoms with Crippen molar-refractivity contribution >= 4 is 5.69 Å². The molecule has 0 amide bonds. The number of methoxy groups -OCH3 is 1. The van der Waals surface area contributed by atoms with Gasteiger partial charge in [0, 0.05) is 52.6 Å². The average molecular weight is 293 g/mol. The van der Waals surface area contributed by atoms with Crippen LogP contribution in [0.2, 0.25) is 0 Å². The summed E-state index contributed by atoms with van der Waals surface area (Å²) >= 11 is 0. The standard InChI is InChI=1S/C17H31N3O/c1-14(2)13-20(10-11-21-5)17(12-18)15-6-8-16(9-7-15)19(3)4/h6-9,14,17H,10-13,18H2,1-5H3. The smallest absolute Gasteiger partial charge is 0.0589 e. The molecule has 0 aromatic heterocycles. The van der Waals surface area contributed by atoms with Crippen LogP contribution in [0.15, 0.2) is 24.3 Å². The lowest BCUT2D eigenvalue weighted by molar-refractivity contribution is 0.112. The minimum Gasteiger partial charge on any atom is -0.383 e. The molecule has 0 saturated heterocycles. The van der Waals surface area contributed by atoms with E-state index in [1.54, 1.807) is 7.11 Å². The number of hydrogen-bond donors (Lipinski definition) is 1.